The number of hydrogen-bond donors (Lipinski definition) is 2. The number of nitrogens with zero attached hydrogens (tertiary/aromatic N) is 1. The fourth-order valence-electron chi connectivity index (χ4n) is 1.63. The van der Waals surface area contributed by atoms with Gasteiger partial charge in [0.25, 0.3) is 0 Å². The first-order valence-corrected chi connectivity index (χ1v) is 7.53. The SMILES string of the molecule is CS(=O)(=O)Nc1cccc(-c2ccc(C(=O)O)cc2)n1. The van der Waals surface area contributed by atoms with E-state index >= 15 is 0 Å². The summed E-state index contributed by atoms with van der Waals surface area (Å²) in [6, 6.07) is 11.1. The van der Waals surface area contributed by atoms with Crippen molar-refractivity contribution in [2.24, 2.45) is 0 Å². The molecule has 1 heterocycles. The summed E-state index contributed by atoms with van der Waals surface area (Å²) in [5.74, 6) is -0.788. The molecular formula is C13H12N2O4S. The number of aromatic nitrogens is 1. The summed E-state index contributed by atoms with van der Waals surface area (Å²) in [5, 5.41) is 8.83. The minimum absolute atomic E-state index is 0.180. The molecule has 2 N–H and O–H groups in total. The predicted molar refractivity (Wildman–Crippen MR) is 75.1 cm³/mol. The number of hydrogen-bond acceptors (Lipinski definition) is 4. The summed E-state index contributed by atoms with van der Waals surface area (Å²) in [6.07, 6.45) is 1.04. The fraction of sp³-hybridized carbons (Fsp3) is 0.0769. The maximum Gasteiger partial charge on any atom is 0.335 e. The van der Waals surface area contributed by atoms with E-state index in [9.17, 15) is 13.2 Å². The standard InChI is InChI=1S/C13H12N2O4S/c1-20(18,19)15-12-4-2-3-11(14-12)9-5-7-10(8-6-9)13(16)17/h2-8H,1H3,(H,14,15)(H,16,17). The molecule has 0 aliphatic rings. The molecule has 0 aliphatic carbocycles. The first kappa shape index (κ1) is 14.0. The van der Waals surface area contributed by atoms with Crippen LogP contribution in [0.2, 0.25) is 0 Å². The Morgan fingerprint density at radius 2 is 1.80 bits per heavy atom. The average Bonchev–Trinajstić information content (AvgIpc) is 2.37. The minimum atomic E-state index is -3.38. The molecular weight excluding hydrogens is 280 g/mol. The van der Waals surface area contributed by atoms with Gasteiger partial charge in [-0.05, 0) is 24.3 Å². The van der Waals surface area contributed by atoms with Crippen LogP contribution in [0.1, 0.15) is 10.4 Å². The molecule has 0 saturated heterocycles. The Bertz CT molecular complexity index is 739. The largest absolute Gasteiger partial charge is 0.478 e. The van der Waals surface area contributed by atoms with Crippen molar-refractivity contribution in [3.8, 4) is 11.3 Å². The highest BCUT2D eigenvalue weighted by Crippen LogP contribution is 2.19. The minimum Gasteiger partial charge on any atom is -0.478 e. The van der Waals surface area contributed by atoms with E-state index in [1.807, 2.05) is 0 Å². The van der Waals surface area contributed by atoms with E-state index < -0.39 is 16.0 Å². The van der Waals surface area contributed by atoms with Crippen LogP contribution in [0.25, 0.3) is 11.3 Å². The van der Waals surface area contributed by atoms with Crippen LogP contribution in [-0.4, -0.2) is 30.7 Å². The van der Waals surface area contributed by atoms with Crippen LogP contribution in [0, 0.1) is 0 Å². The fourth-order valence-corrected chi connectivity index (χ4v) is 2.12. The first-order valence-electron chi connectivity index (χ1n) is 5.64. The number of anilines is 1. The van der Waals surface area contributed by atoms with Crippen molar-refractivity contribution in [3.63, 3.8) is 0 Å². The zero-order chi connectivity index (χ0) is 14.8. The summed E-state index contributed by atoms with van der Waals surface area (Å²) in [5.41, 5.74) is 1.43. The second kappa shape index (κ2) is 5.30. The maximum atomic E-state index is 11.2. The predicted octanol–water partition coefficient (Wildman–Crippen LogP) is 1.82. The lowest BCUT2D eigenvalue weighted by molar-refractivity contribution is 0.0697. The van der Waals surface area contributed by atoms with Gasteiger partial charge >= 0.3 is 5.97 Å². The number of pyridine rings is 1. The molecule has 104 valence electrons. The molecule has 7 heteroatoms. The van der Waals surface area contributed by atoms with Crippen LogP contribution in [0.3, 0.4) is 0 Å². The lowest BCUT2D eigenvalue weighted by atomic mass is 10.1. The zero-order valence-electron chi connectivity index (χ0n) is 10.6. The van der Waals surface area contributed by atoms with E-state index in [2.05, 4.69) is 9.71 Å². The van der Waals surface area contributed by atoms with Gasteiger partial charge in [-0.3, -0.25) is 4.72 Å². The number of benzene rings is 1. The molecule has 0 fully saturated rings. The third-order valence-corrected chi connectivity index (χ3v) is 3.05. The van der Waals surface area contributed by atoms with E-state index in [-0.39, 0.29) is 11.4 Å². The summed E-state index contributed by atoms with van der Waals surface area (Å²) in [6.45, 7) is 0. The number of carboxylic acid groups (broad SMARTS) is 1. The van der Waals surface area contributed by atoms with Gasteiger partial charge in [-0.1, -0.05) is 18.2 Å². The van der Waals surface area contributed by atoms with Crippen molar-refractivity contribution in [3.05, 3.63) is 48.0 Å². The van der Waals surface area contributed by atoms with Crippen LogP contribution in [0.5, 0.6) is 0 Å². The van der Waals surface area contributed by atoms with E-state index in [0.717, 1.165) is 6.26 Å². The number of nitrogens with one attached hydrogen (secondary N) is 1. The van der Waals surface area contributed by atoms with Gasteiger partial charge in [-0.15, -0.1) is 0 Å². The lowest BCUT2D eigenvalue weighted by Gasteiger charge is -2.06. The number of carbonyl (C=O) groups is 1. The van der Waals surface area contributed by atoms with Gasteiger partial charge in [-0.25, -0.2) is 18.2 Å². The number of aromatic carboxylic acids is 1. The lowest BCUT2D eigenvalue weighted by Crippen LogP contribution is -2.10. The molecule has 6 nitrogen and oxygen atoms in total. The molecule has 2 aromatic rings. The average molecular weight is 292 g/mol. The van der Waals surface area contributed by atoms with Crippen LogP contribution in [-0.2, 0) is 10.0 Å². The second-order valence-electron chi connectivity index (χ2n) is 4.16. The van der Waals surface area contributed by atoms with Gasteiger partial charge in [-0.2, -0.15) is 0 Å². The van der Waals surface area contributed by atoms with Crippen LogP contribution < -0.4 is 4.72 Å². The molecule has 0 amide bonds. The van der Waals surface area contributed by atoms with Crippen LogP contribution in [0.4, 0.5) is 5.82 Å². The van der Waals surface area contributed by atoms with Gasteiger partial charge in [0.1, 0.15) is 5.82 Å². The number of rotatable bonds is 4. The van der Waals surface area contributed by atoms with Crippen molar-refractivity contribution in [1.29, 1.82) is 0 Å². The molecule has 1 aromatic heterocycles. The summed E-state index contributed by atoms with van der Waals surface area (Å²) < 4.78 is 24.6. The first-order chi connectivity index (χ1) is 9.35. The molecule has 20 heavy (non-hydrogen) atoms. The normalized spacial score (nSPS) is 11.1. The molecule has 0 spiro atoms. The van der Waals surface area contributed by atoms with E-state index in [1.165, 1.54) is 18.2 Å². The highest BCUT2D eigenvalue weighted by atomic mass is 32.2. The van der Waals surface area contributed by atoms with E-state index in [4.69, 9.17) is 5.11 Å². The molecule has 0 saturated carbocycles. The van der Waals surface area contributed by atoms with E-state index in [1.54, 1.807) is 24.3 Å². The summed E-state index contributed by atoms with van der Waals surface area (Å²) in [7, 11) is -3.38. The third-order valence-electron chi connectivity index (χ3n) is 2.47. The third kappa shape index (κ3) is 3.55. The Morgan fingerprint density at radius 1 is 1.15 bits per heavy atom. The number of carboxylic acids is 1. The van der Waals surface area contributed by atoms with Crippen molar-refractivity contribution in [2.45, 2.75) is 0 Å². The summed E-state index contributed by atoms with van der Waals surface area (Å²) >= 11 is 0. The van der Waals surface area contributed by atoms with Gasteiger partial charge in [0, 0.05) is 5.56 Å². The smallest absolute Gasteiger partial charge is 0.335 e. The van der Waals surface area contributed by atoms with Crippen LogP contribution in [0.15, 0.2) is 42.5 Å². The van der Waals surface area contributed by atoms with Crippen molar-refractivity contribution in [2.75, 3.05) is 11.0 Å². The second-order valence-corrected chi connectivity index (χ2v) is 5.91. The quantitative estimate of drug-likeness (QED) is 0.896. The van der Waals surface area contributed by atoms with Gasteiger partial charge in [0.2, 0.25) is 10.0 Å². The molecule has 0 aliphatic heterocycles. The Morgan fingerprint density at radius 3 is 2.35 bits per heavy atom. The highest BCUT2D eigenvalue weighted by molar-refractivity contribution is 7.92. The zero-order valence-corrected chi connectivity index (χ0v) is 11.4. The van der Waals surface area contributed by atoms with Crippen LogP contribution >= 0.6 is 0 Å². The Hall–Kier alpha value is -2.41. The van der Waals surface area contributed by atoms with Crippen molar-refractivity contribution >= 4 is 21.8 Å². The molecule has 1 aromatic carbocycles. The Kier molecular flexibility index (Phi) is 3.71. The van der Waals surface area contributed by atoms with Gasteiger partial charge < -0.3 is 5.11 Å². The monoisotopic (exact) mass is 292 g/mol. The topological polar surface area (TPSA) is 96.4 Å². The number of sulfonamides is 1. The molecule has 0 unspecified atom stereocenters. The molecule has 2 rings (SSSR count). The molecule has 0 bridgehead atoms. The highest BCUT2D eigenvalue weighted by Gasteiger charge is 2.07. The Labute approximate surface area is 116 Å². The maximum absolute atomic E-state index is 11.2. The van der Waals surface area contributed by atoms with Gasteiger partial charge in [0.15, 0.2) is 0 Å². The molecule has 0 atom stereocenters. The van der Waals surface area contributed by atoms with Crippen molar-refractivity contribution in [1.82, 2.24) is 4.98 Å². The summed E-state index contributed by atoms with van der Waals surface area (Å²) in [4.78, 5) is 14.9. The Balaban J connectivity index is 2.33. The van der Waals surface area contributed by atoms with Gasteiger partial charge in [0.05, 0.1) is 17.5 Å². The molecule has 0 radical (unpaired) electrons. The van der Waals surface area contributed by atoms with E-state index in [0.29, 0.717) is 11.3 Å². The van der Waals surface area contributed by atoms with Crippen molar-refractivity contribution < 1.29 is 18.3 Å².